The molecule has 8 heteroatoms. The van der Waals surface area contributed by atoms with E-state index in [0.717, 1.165) is 32.1 Å². The number of nitrogens with one attached hydrogen (secondary N) is 2. The Bertz CT molecular complexity index is 691. The summed E-state index contributed by atoms with van der Waals surface area (Å²) >= 11 is 11.9. The first-order valence-corrected chi connectivity index (χ1v) is 10.5. The topological polar surface area (TPSA) is 87.7 Å². The van der Waals surface area contributed by atoms with Crippen molar-refractivity contribution in [2.45, 2.75) is 56.8 Å². The number of hydrogen-bond donors (Lipinski definition) is 3. The van der Waals surface area contributed by atoms with Crippen LogP contribution in [0.5, 0.6) is 0 Å². The van der Waals surface area contributed by atoms with Gasteiger partial charge in [0, 0.05) is 28.1 Å². The van der Waals surface area contributed by atoms with E-state index in [1.54, 1.807) is 18.2 Å². The Morgan fingerprint density at radius 3 is 2.43 bits per heavy atom. The molecular weight excluding hydrogens is 403 g/mol. The molecule has 0 spiro atoms. The van der Waals surface area contributed by atoms with Crippen molar-refractivity contribution in [2.75, 3.05) is 13.2 Å². The third-order valence-corrected chi connectivity index (χ3v) is 5.91. The van der Waals surface area contributed by atoms with Gasteiger partial charge in [-0.15, -0.1) is 0 Å². The van der Waals surface area contributed by atoms with Crippen LogP contribution in [0.25, 0.3) is 0 Å². The van der Waals surface area contributed by atoms with Crippen molar-refractivity contribution in [1.82, 2.24) is 10.6 Å². The van der Waals surface area contributed by atoms with E-state index in [9.17, 15) is 14.7 Å². The summed E-state index contributed by atoms with van der Waals surface area (Å²) < 4.78 is 5.95. The average Bonchev–Trinajstić information content (AvgIpc) is 2.60. The third-order valence-electron chi connectivity index (χ3n) is 5.48. The smallest absolute Gasteiger partial charge is 0.251 e. The molecular formula is C20H26Cl2N2O4. The molecule has 154 valence electrons. The van der Waals surface area contributed by atoms with Crippen molar-refractivity contribution in [1.29, 1.82) is 0 Å². The van der Waals surface area contributed by atoms with E-state index < -0.39 is 6.10 Å². The van der Waals surface area contributed by atoms with Gasteiger partial charge in [-0.2, -0.15) is 0 Å². The van der Waals surface area contributed by atoms with Gasteiger partial charge in [0.15, 0.2) is 0 Å². The number of rotatable bonds is 7. The van der Waals surface area contributed by atoms with Crippen molar-refractivity contribution in [3.63, 3.8) is 0 Å². The van der Waals surface area contributed by atoms with Crippen LogP contribution >= 0.6 is 23.2 Å². The lowest BCUT2D eigenvalue weighted by Gasteiger charge is -2.37. The summed E-state index contributed by atoms with van der Waals surface area (Å²) in [5.41, 5.74) is 0.411. The molecule has 0 aromatic heterocycles. The zero-order valence-electron chi connectivity index (χ0n) is 15.6. The number of carbonyl (C=O) groups excluding carboxylic acids is 2. The number of ether oxygens (including phenoxy) is 1. The second-order valence-corrected chi connectivity index (χ2v) is 8.37. The van der Waals surface area contributed by atoms with Gasteiger partial charge in [-0.3, -0.25) is 9.59 Å². The molecule has 2 fully saturated rings. The molecule has 0 bridgehead atoms. The molecule has 28 heavy (non-hydrogen) atoms. The fourth-order valence-corrected chi connectivity index (χ4v) is 4.14. The highest BCUT2D eigenvalue weighted by molar-refractivity contribution is 6.35. The maximum absolute atomic E-state index is 12.2. The zero-order chi connectivity index (χ0) is 20.1. The Kier molecular flexibility index (Phi) is 7.57. The maximum atomic E-state index is 12.2. The molecule has 3 rings (SSSR count). The second kappa shape index (κ2) is 9.92. The summed E-state index contributed by atoms with van der Waals surface area (Å²) in [6.45, 7) is 0.296. The number of halogens is 2. The van der Waals surface area contributed by atoms with Crippen molar-refractivity contribution in [3.05, 3.63) is 33.8 Å². The molecule has 3 N–H and O–H groups in total. The Labute approximate surface area is 174 Å². The van der Waals surface area contributed by atoms with Gasteiger partial charge >= 0.3 is 0 Å². The fourth-order valence-electron chi connectivity index (χ4n) is 3.61. The number of amides is 2. The summed E-state index contributed by atoms with van der Waals surface area (Å²) in [6.07, 6.45) is 4.67. The van der Waals surface area contributed by atoms with Gasteiger partial charge < -0.3 is 20.5 Å². The van der Waals surface area contributed by atoms with Gasteiger partial charge in [0.2, 0.25) is 5.91 Å². The molecule has 1 aliphatic heterocycles. The van der Waals surface area contributed by atoms with E-state index in [4.69, 9.17) is 27.9 Å². The summed E-state index contributed by atoms with van der Waals surface area (Å²) in [5, 5.41) is 16.3. The Balaban J connectivity index is 1.43. The van der Waals surface area contributed by atoms with Crippen LogP contribution in [0.2, 0.25) is 10.0 Å². The largest absolute Gasteiger partial charge is 0.394 e. The van der Waals surface area contributed by atoms with Crippen LogP contribution < -0.4 is 10.6 Å². The first-order chi connectivity index (χ1) is 13.5. The molecule has 6 nitrogen and oxygen atoms in total. The van der Waals surface area contributed by atoms with E-state index in [1.807, 2.05) is 0 Å². The van der Waals surface area contributed by atoms with Crippen LogP contribution in [0.1, 0.15) is 48.9 Å². The highest BCUT2D eigenvalue weighted by atomic mass is 35.5. The Morgan fingerprint density at radius 1 is 1.11 bits per heavy atom. The lowest BCUT2D eigenvalue weighted by molar-refractivity contribution is -0.134. The average molecular weight is 429 g/mol. The first-order valence-electron chi connectivity index (χ1n) is 9.77. The van der Waals surface area contributed by atoms with Gasteiger partial charge in [0.1, 0.15) is 6.10 Å². The van der Waals surface area contributed by atoms with Crippen LogP contribution in [0.3, 0.4) is 0 Å². The van der Waals surface area contributed by atoms with Gasteiger partial charge in [0.25, 0.3) is 5.91 Å². The molecule has 1 heterocycles. The molecule has 2 aliphatic rings. The standard InChI is InChI=1S/C20H26Cl2N2O4/c21-14-8-13(9-15(22)10-14)19(26)23-7-6-16-4-5-17(18(11-25)28-16)24-20(27)12-2-1-3-12/h8-10,12,16-18,25H,1-7,11H2,(H,23,26)(H,24,27)/t16-,17+,18-/m0/s1. The zero-order valence-corrected chi connectivity index (χ0v) is 17.1. The molecule has 1 aromatic carbocycles. The third kappa shape index (κ3) is 5.60. The quantitative estimate of drug-likeness (QED) is 0.622. The molecule has 1 saturated carbocycles. The first kappa shape index (κ1) is 21.4. The fraction of sp³-hybridized carbons (Fsp3) is 0.600. The van der Waals surface area contributed by atoms with Crippen molar-refractivity contribution in [3.8, 4) is 0 Å². The Hall–Kier alpha value is -1.34. The lowest BCUT2D eigenvalue weighted by Crippen LogP contribution is -2.53. The van der Waals surface area contributed by atoms with Gasteiger partial charge in [-0.1, -0.05) is 29.6 Å². The number of aliphatic hydroxyl groups is 1. The molecule has 1 aromatic rings. The minimum Gasteiger partial charge on any atom is -0.394 e. The van der Waals surface area contributed by atoms with Gasteiger partial charge in [0.05, 0.1) is 18.8 Å². The van der Waals surface area contributed by atoms with E-state index in [1.165, 1.54) is 0 Å². The van der Waals surface area contributed by atoms with Crippen LogP contribution in [0.4, 0.5) is 0 Å². The summed E-state index contributed by atoms with van der Waals surface area (Å²) in [5.74, 6) is -0.0546. The highest BCUT2D eigenvalue weighted by Crippen LogP contribution is 2.28. The molecule has 0 unspecified atom stereocenters. The molecule has 0 radical (unpaired) electrons. The summed E-state index contributed by atoms with van der Waals surface area (Å²) in [6, 6.07) is 4.55. The van der Waals surface area contributed by atoms with Gasteiger partial charge in [-0.25, -0.2) is 0 Å². The predicted molar refractivity (Wildman–Crippen MR) is 108 cm³/mol. The van der Waals surface area contributed by atoms with Gasteiger partial charge in [-0.05, 0) is 50.3 Å². The molecule has 3 atom stereocenters. The normalized spacial score (nSPS) is 25.0. The molecule has 2 amide bonds. The van der Waals surface area contributed by atoms with Crippen molar-refractivity contribution >= 4 is 35.0 Å². The number of benzene rings is 1. The van der Waals surface area contributed by atoms with Crippen LogP contribution in [0.15, 0.2) is 18.2 Å². The molecule has 1 saturated heterocycles. The summed E-state index contributed by atoms with van der Waals surface area (Å²) in [4.78, 5) is 24.4. The van der Waals surface area contributed by atoms with Crippen molar-refractivity contribution in [2.24, 2.45) is 5.92 Å². The Morgan fingerprint density at radius 2 is 1.82 bits per heavy atom. The SMILES string of the molecule is O=C(NCC[C@@H]1CC[C@@H](NC(=O)C2CCC2)[C@H](CO)O1)c1cc(Cl)cc(Cl)c1. The highest BCUT2D eigenvalue weighted by Gasteiger charge is 2.34. The van der Waals surface area contributed by atoms with Crippen molar-refractivity contribution < 1.29 is 19.4 Å². The van der Waals surface area contributed by atoms with E-state index in [-0.39, 0.29) is 36.5 Å². The predicted octanol–water partition coefficient (Wildman–Crippen LogP) is 2.94. The van der Waals surface area contributed by atoms with E-state index >= 15 is 0 Å². The second-order valence-electron chi connectivity index (χ2n) is 7.50. The van der Waals surface area contributed by atoms with E-state index in [0.29, 0.717) is 28.6 Å². The molecule has 1 aliphatic carbocycles. The van der Waals surface area contributed by atoms with E-state index in [2.05, 4.69) is 10.6 Å². The maximum Gasteiger partial charge on any atom is 0.251 e. The number of hydrogen-bond acceptors (Lipinski definition) is 4. The van der Waals surface area contributed by atoms with Crippen LogP contribution in [0, 0.1) is 5.92 Å². The number of carbonyl (C=O) groups is 2. The summed E-state index contributed by atoms with van der Waals surface area (Å²) in [7, 11) is 0. The number of aliphatic hydroxyl groups excluding tert-OH is 1. The van der Waals surface area contributed by atoms with Crippen LogP contribution in [-0.4, -0.2) is 48.3 Å². The minimum absolute atomic E-state index is 0.0720. The van der Waals surface area contributed by atoms with Crippen LogP contribution in [-0.2, 0) is 9.53 Å². The minimum atomic E-state index is -0.412. The monoisotopic (exact) mass is 428 g/mol. The lowest BCUT2D eigenvalue weighted by atomic mass is 9.84.